The number of hydrogen-bond acceptors (Lipinski definition) is 5. The first kappa shape index (κ1) is 22.0. The summed E-state index contributed by atoms with van der Waals surface area (Å²) in [5, 5.41) is 0. The van der Waals surface area contributed by atoms with Crippen LogP contribution in [0.1, 0.15) is 26.3 Å². The van der Waals surface area contributed by atoms with Gasteiger partial charge in [-0.25, -0.2) is 8.42 Å². The van der Waals surface area contributed by atoms with Gasteiger partial charge in [-0.15, -0.1) is 0 Å². The molecule has 0 heterocycles. The highest BCUT2D eigenvalue weighted by Crippen LogP contribution is 2.31. The summed E-state index contributed by atoms with van der Waals surface area (Å²) in [6.45, 7) is 7.16. The third kappa shape index (κ3) is 5.17. The minimum absolute atomic E-state index is 0.200. The number of ether oxygens (including phenoxy) is 2. The van der Waals surface area contributed by atoms with Crippen LogP contribution in [0.2, 0.25) is 0 Å². The molecule has 0 bridgehead atoms. The van der Waals surface area contributed by atoms with Crippen LogP contribution in [0.15, 0.2) is 47.4 Å². The largest absolute Gasteiger partial charge is 0.490 e. The summed E-state index contributed by atoms with van der Waals surface area (Å²) >= 11 is 0. The van der Waals surface area contributed by atoms with E-state index in [1.165, 1.54) is 4.31 Å². The lowest BCUT2D eigenvalue weighted by atomic mass is 10.2. The zero-order valence-electron chi connectivity index (χ0n) is 17.3. The molecule has 2 aromatic rings. The second kappa shape index (κ2) is 9.80. The van der Waals surface area contributed by atoms with E-state index in [1.807, 2.05) is 64.0 Å². The molecule has 154 valence electrons. The van der Waals surface area contributed by atoms with E-state index in [0.29, 0.717) is 37.8 Å². The molecule has 2 rings (SSSR count). The Balaban J connectivity index is 2.30. The fraction of sp³-hybridized carbons (Fsp3) is 0.429. The molecule has 0 aromatic heterocycles. The maximum absolute atomic E-state index is 13.2. The fourth-order valence-electron chi connectivity index (χ4n) is 2.81. The van der Waals surface area contributed by atoms with Gasteiger partial charge in [-0.1, -0.05) is 19.1 Å². The van der Waals surface area contributed by atoms with Crippen molar-refractivity contribution < 1.29 is 17.9 Å². The van der Waals surface area contributed by atoms with Gasteiger partial charge in [-0.3, -0.25) is 0 Å². The summed E-state index contributed by atoms with van der Waals surface area (Å²) in [7, 11) is 0.283. The van der Waals surface area contributed by atoms with Gasteiger partial charge in [0.05, 0.1) is 18.1 Å². The van der Waals surface area contributed by atoms with Crippen molar-refractivity contribution in [3.63, 3.8) is 0 Å². The Morgan fingerprint density at radius 1 is 0.857 bits per heavy atom. The molecule has 0 aliphatic heterocycles. The minimum Gasteiger partial charge on any atom is -0.490 e. The molecule has 7 heteroatoms. The molecule has 0 aliphatic carbocycles. The molecule has 6 nitrogen and oxygen atoms in total. The normalized spacial score (nSPS) is 11.5. The molecule has 0 amide bonds. The number of rotatable bonds is 10. The Labute approximate surface area is 168 Å². The fourth-order valence-corrected chi connectivity index (χ4v) is 4.26. The lowest BCUT2D eigenvalue weighted by Crippen LogP contribution is -2.30. The molecule has 0 saturated carbocycles. The molecule has 0 unspecified atom stereocenters. The smallest absolute Gasteiger partial charge is 0.243 e. The highest BCUT2D eigenvalue weighted by Gasteiger charge is 2.25. The summed E-state index contributed by atoms with van der Waals surface area (Å²) in [4.78, 5) is 2.21. The summed E-state index contributed by atoms with van der Waals surface area (Å²) < 4.78 is 39.0. The molecule has 0 radical (unpaired) electrons. The Hall–Kier alpha value is -2.25. The lowest BCUT2D eigenvalue weighted by molar-refractivity contribution is 0.287. The van der Waals surface area contributed by atoms with Crippen molar-refractivity contribution in [1.29, 1.82) is 0 Å². The molecule has 0 N–H and O–H groups in total. The van der Waals surface area contributed by atoms with E-state index in [9.17, 15) is 8.42 Å². The molecular formula is C21H30N2O4S. The van der Waals surface area contributed by atoms with Crippen LogP contribution in [0.4, 0.5) is 5.69 Å². The van der Waals surface area contributed by atoms with Crippen LogP contribution in [0.25, 0.3) is 0 Å². The van der Waals surface area contributed by atoms with Gasteiger partial charge >= 0.3 is 0 Å². The average molecular weight is 407 g/mol. The summed E-state index contributed by atoms with van der Waals surface area (Å²) in [6.07, 6.45) is 0. The van der Waals surface area contributed by atoms with Crippen molar-refractivity contribution in [2.24, 2.45) is 0 Å². The molecule has 0 atom stereocenters. The molecule has 0 fully saturated rings. The Kier molecular flexibility index (Phi) is 7.71. The predicted molar refractivity (Wildman–Crippen MR) is 113 cm³/mol. The van der Waals surface area contributed by atoms with Crippen LogP contribution in [0, 0.1) is 0 Å². The second-order valence-electron chi connectivity index (χ2n) is 6.47. The zero-order chi connectivity index (χ0) is 20.7. The lowest BCUT2D eigenvalue weighted by Gasteiger charge is -2.22. The molecule has 0 saturated heterocycles. The monoisotopic (exact) mass is 406 g/mol. The molecule has 2 aromatic carbocycles. The van der Waals surface area contributed by atoms with Gasteiger partial charge in [-0.2, -0.15) is 4.31 Å². The van der Waals surface area contributed by atoms with Crippen molar-refractivity contribution in [3.05, 3.63) is 48.0 Å². The predicted octanol–water partition coefficient (Wildman–Crippen LogP) is 3.76. The quantitative estimate of drug-likeness (QED) is 0.601. The van der Waals surface area contributed by atoms with E-state index in [2.05, 4.69) is 0 Å². The highest BCUT2D eigenvalue weighted by atomic mass is 32.2. The first-order chi connectivity index (χ1) is 13.3. The maximum atomic E-state index is 13.2. The van der Waals surface area contributed by atoms with Crippen molar-refractivity contribution in [2.75, 3.05) is 38.8 Å². The Bertz CT molecular complexity index is 864. The Morgan fingerprint density at radius 2 is 1.46 bits per heavy atom. The van der Waals surface area contributed by atoms with Crippen molar-refractivity contribution in [2.45, 2.75) is 32.2 Å². The zero-order valence-corrected chi connectivity index (χ0v) is 18.1. The van der Waals surface area contributed by atoms with Crippen LogP contribution >= 0.6 is 0 Å². The minimum atomic E-state index is -3.66. The highest BCUT2D eigenvalue weighted by molar-refractivity contribution is 7.89. The van der Waals surface area contributed by atoms with Crippen molar-refractivity contribution in [1.82, 2.24) is 4.31 Å². The number of sulfonamides is 1. The van der Waals surface area contributed by atoms with Gasteiger partial charge in [-0.05, 0) is 43.7 Å². The van der Waals surface area contributed by atoms with Gasteiger partial charge < -0.3 is 14.4 Å². The third-order valence-corrected chi connectivity index (χ3v) is 6.23. The summed E-state index contributed by atoms with van der Waals surface area (Å²) in [5.74, 6) is 0.988. The van der Waals surface area contributed by atoms with E-state index in [-0.39, 0.29) is 4.90 Å². The van der Waals surface area contributed by atoms with Crippen LogP contribution in [0.5, 0.6) is 11.5 Å². The first-order valence-corrected chi connectivity index (χ1v) is 10.9. The summed E-state index contributed by atoms with van der Waals surface area (Å²) in [5.41, 5.74) is 2.01. The van der Waals surface area contributed by atoms with Crippen LogP contribution in [0.3, 0.4) is 0 Å². The third-order valence-electron chi connectivity index (χ3n) is 4.32. The van der Waals surface area contributed by atoms with E-state index in [1.54, 1.807) is 18.2 Å². The standard InChI is InChI=1S/C21H30N2O4S/c1-6-23(16-17-9-11-18(12-10-17)22(4)5)28(24,25)19-13-14-20(26-7-2)21(15-19)27-8-3/h9-15H,6-8,16H2,1-5H3. The Morgan fingerprint density at radius 3 is 2.00 bits per heavy atom. The van der Waals surface area contributed by atoms with E-state index >= 15 is 0 Å². The summed E-state index contributed by atoms with van der Waals surface area (Å²) in [6, 6.07) is 12.7. The van der Waals surface area contributed by atoms with Crippen LogP contribution < -0.4 is 14.4 Å². The molecule has 28 heavy (non-hydrogen) atoms. The topological polar surface area (TPSA) is 59.1 Å². The number of anilines is 1. The molecule has 0 aliphatic rings. The van der Waals surface area contributed by atoms with Crippen LogP contribution in [-0.2, 0) is 16.6 Å². The van der Waals surface area contributed by atoms with Gasteiger partial charge in [0, 0.05) is 38.9 Å². The number of hydrogen-bond donors (Lipinski definition) is 0. The van der Waals surface area contributed by atoms with Crippen LogP contribution in [-0.4, -0.2) is 46.6 Å². The number of benzene rings is 2. The van der Waals surface area contributed by atoms with Gasteiger partial charge in [0.1, 0.15) is 0 Å². The first-order valence-electron chi connectivity index (χ1n) is 9.49. The van der Waals surface area contributed by atoms with E-state index in [4.69, 9.17) is 9.47 Å². The molecule has 0 spiro atoms. The average Bonchev–Trinajstić information content (AvgIpc) is 2.68. The number of nitrogens with zero attached hydrogens (tertiary/aromatic N) is 2. The molecular weight excluding hydrogens is 376 g/mol. The van der Waals surface area contributed by atoms with Crippen molar-refractivity contribution >= 4 is 15.7 Å². The second-order valence-corrected chi connectivity index (χ2v) is 8.40. The van der Waals surface area contributed by atoms with E-state index < -0.39 is 10.0 Å². The van der Waals surface area contributed by atoms with E-state index in [0.717, 1.165) is 11.3 Å². The van der Waals surface area contributed by atoms with Gasteiger partial charge in [0.15, 0.2) is 11.5 Å². The maximum Gasteiger partial charge on any atom is 0.243 e. The van der Waals surface area contributed by atoms with Crippen molar-refractivity contribution in [3.8, 4) is 11.5 Å². The van der Waals surface area contributed by atoms with Gasteiger partial charge in [0.25, 0.3) is 0 Å². The van der Waals surface area contributed by atoms with Gasteiger partial charge in [0.2, 0.25) is 10.0 Å². The SMILES string of the molecule is CCOc1ccc(S(=O)(=O)N(CC)Cc2ccc(N(C)C)cc2)cc1OCC.